The molecule has 2 atom stereocenters. The summed E-state index contributed by atoms with van der Waals surface area (Å²) < 4.78 is 5.46. The molecule has 1 rings (SSSR count). The number of nitrogens with one attached hydrogen (secondary N) is 1. The van der Waals surface area contributed by atoms with Crippen molar-refractivity contribution in [2.24, 2.45) is 5.92 Å². The molecule has 72 valence electrons. The maximum absolute atomic E-state index is 5.46. The number of hydrogen-bond donors (Lipinski definition) is 1. The van der Waals surface area contributed by atoms with Crippen molar-refractivity contribution in [3.8, 4) is 0 Å². The summed E-state index contributed by atoms with van der Waals surface area (Å²) in [5.41, 5.74) is 0. The topological polar surface area (TPSA) is 21.3 Å². The van der Waals surface area contributed by atoms with Crippen molar-refractivity contribution < 1.29 is 4.74 Å². The SMILES string of the molecule is CC(C)CCNC1CCOC1C. The van der Waals surface area contributed by atoms with E-state index in [4.69, 9.17) is 4.74 Å². The average Bonchev–Trinajstić information content (AvgIpc) is 2.36. The molecule has 0 spiro atoms. The van der Waals surface area contributed by atoms with Crippen molar-refractivity contribution in [1.29, 1.82) is 0 Å². The molecule has 1 aliphatic rings. The Hall–Kier alpha value is -0.0800. The Bertz CT molecular complexity index is 125. The maximum atomic E-state index is 5.46. The quantitative estimate of drug-likeness (QED) is 0.696. The Kier molecular flexibility index (Phi) is 4.02. The molecule has 0 aromatic carbocycles. The van der Waals surface area contributed by atoms with E-state index in [1.807, 2.05) is 0 Å². The van der Waals surface area contributed by atoms with E-state index in [0.29, 0.717) is 12.1 Å². The fraction of sp³-hybridized carbons (Fsp3) is 1.00. The first-order chi connectivity index (χ1) is 5.70. The van der Waals surface area contributed by atoms with Crippen molar-refractivity contribution >= 4 is 0 Å². The third kappa shape index (κ3) is 3.11. The van der Waals surface area contributed by atoms with Crippen LogP contribution in [0.1, 0.15) is 33.6 Å². The summed E-state index contributed by atoms with van der Waals surface area (Å²) in [7, 11) is 0. The normalized spacial score (nSPS) is 30.0. The minimum Gasteiger partial charge on any atom is -0.377 e. The van der Waals surface area contributed by atoms with Crippen molar-refractivity contribution in [3.05, 3.63) is 0 Å². The van der Waals surface area contributed by atoms with Gasteiger partial charge in [0.15, 0.2) is 0 Å². The van der Waals surface area contributed by atoms with Gasteiger partial charge >= 0.3 is 0 Å². The van der Waals surface area contributed by atoms with Gasteiger partial charge in [-0.15, -0.1) is 0 Å². The Morgan fingerprint density at radius 3 is 2.75 bits per heavy atom. The predicted molar refractivity (Wildman–Crippen MR) is 51.3 cm³/mol. The molecule has 1 N–H and O–H groups in total. The molecule has 0 aromatic heterocycles. The molecule has 0 aromatic rings. The zero-order chi connectivity index (χ0) is 8.97. The molecule has 2 unspecified atom stereocenters. The molecule has 0 aliphatic carbocycles. The van der Waals surface area contributed by atoms with E-state index in [1.165, 1.54) is 12.8 Å². The van der Waals surface area contributed by atoms with Crippen LogP contribution < -0.4 is 5.32 Å². The first-order valence-corrected chi connectivity index (χ1v) is 5.05. The summed E-state index contributed by atoms with van der Waals surface area (Å²) >= 11 is 0. The zero-order valence-electron chi connectivity index (χ0n) is 8.47. The van der Waals surface area contributed by atoms with Crippen LogP contribution in [0.2, 0.25) is 0 Å². The summed E-state index contributed by atoms with van der Waals surface area (Å²) in [5, 5.41) is 3.54. The van der Waals surface area contributed by atoms with Crippen LogP contribution >= 0.6 is 0 Å². The van der Waals surface area contributed by atoms with E-state index < -0.39 is 0 Å². The Labute approximate surface area is 75.7 Å². The minimum atomic E-state index is 0.414. The standard InChI is InChI=1S/C10H21NO/c1-8(2)4-6-11-10-5-7-12-9(10)3/h8-11H,4-7H2,1-3H3. The highest BCUT2D eigenvalue weighted by Crippen LogP contribution is 2.12. The lowest BCUT2D eigenvalue weighted by Gasteiger charge is -2.16. The molecule has 1 saturated heterocycles. The highest BCUT2D eigenvalue weighted by molar-refractivity contribution is 4.78. The highest BCUT2D eigenvalue weighted by atomic mass is 16.5. The largest absolute Gasteiger partial charge is 0.377 e. The molecule has 0 radical (unpaired) electrons. The van der Waals surface area contributed by atoms with Gasteiger partial charge in [0.2, 0.25) is 0 Å². The van der Waals surface area contributed by atoms with Crippen LogP contribution in [0.15, 0.2) is 0 Å². The molecule has 1 fully saturated rings. The van der Waals surface area contributed by atoms with Gasteiger partial charge < -0.3 is 10.1 Å². The van der Waals surface area contributed by atoms with E-state index in [-0.39, 0.29) is 0 Å². The molecule has 1 heterocycles. The van der Waals surface area contributed by atoms with Crippen molar-refractivity contribution in [2.45, 2.75) is 45.8 Å². The second-order valence-corrected chi connectivity index (χ2v) is 4.11. The van der Waals surface area contributed by atoms with Crippen LogP contribution in [0.3, 0.4) is 0 Å². The summed E-state index contributed by atoms with van der Waals surface area (Å²) in [5.74, 6) is 0.801. The molecular formula is C10H21NO. The minimum absolute atomic E-state index is 0.414. The van der Waals surface area contributed by atoms with Gasteiger partial charge in [0.25, 0.3) is 0 Å². The van der Waals surface area contributed by atoms with Gasteiger partial charge in [-0.3, -0.25) is 0 Å². The predicted octanol–water partition coefficient (Wildman–Crippen LogP) is 1.80. The molecular weight excluding hydrogens is 150 g/mol. The van der Waals surface area contributed by atoms with Crippen LogP contribution in [-0.2, 0) is 4.74 Å². The monoisotopic (exact) mass is 171 g/mol. The van der Waals surface area contributed by atoms with Gasteiger partial charge in [-0.05, 0) is 32.2 Å². The molecule has 2 nitrogen and oxygen atoms in total. The van der Waals surface area contributed by atoms with Gasteiger partial charge in [-0.25, -0.2) is 0 Å². The Balaban J connectivity index is 2.06. The summed E-state index contributed by atoms with van der Waals surface area (Å²) in [4.78, 5) is 0. The van der Waals surface area contributed by atoms with Crippen LogP contribution in [0.25, 0.3) is 0 Å². The smallest absolute Gasteiger partial charge is 0.0700 e. The second-order valence-electron chi connectivity index (χ2n) is 4.11. The first-order valence-electron chi connectivity index (χ1n) is 5.05. The molecule has 1 aliphatic heterocycles. The van der Waals surface area contributed by atoms with Gasteiger partial charge in [-0.2, -0.15) is 0 Å². The van der Waals surface area contributed by atoms with Gasteiger partial charge in [-0.1, -0.05) is 13.8 Å². The summed E-state index contributed by atoms with van der Waals surface area (Å²) in [6, 6.07) is 0.601. The second kappa shape index (κ2) is 4.83. The van der Waals surface area contributed by atoms with Crippen LogP contribution in [0.5, 0.6) is 0 Å². The molecule has 0 amide bonds. The van der Waals surface area contributed by atoms with Crippen molar-refractivity contribution in [2.75, 3.05) is 13.2 Å². The molecule has 0 saturated carbocycles. The van der Waals surface area contributed by atoms with Gasteiger partial charge in [0.1, 0.15) is 0 Å². The first kappa shape index (κ1) is 10.0. The van der Waals surface area contributed by atoms with E-state index >= 15 is 0 Å². The Morgan fingerprint density at radius 1 is 1.50 bits per heavy atom. The van der Waals surface area contributed by atoms with Crippen molar-refractivity contribution in [3.63, 3.8) is 0 Å². The molecule has 2 heteroatoms. The fourth-order valence-corrected chi connectivity index (χ4v) is 1.56. The average molecular weight is 171 g/mol. The third-order valence-electron chi connectivity index (χ3n) is 2.50. The van der Waals surface area contributed by atoms with E-state index in [9.17, 15) is 0 Å². The molecule has 12 heavy (non-hydrogen) atoms. The number of rotatable bonds is 4. The highest BCUT2D eigenvalue weighted by Gasteiger charge is 2.22. The fourth-order valence-electron chi connectivity index (χ4n) is 1.56. The lowest BCUT2D eigenvalue weighted by molar-refractivity contribution is 0.113. The number of hydrogen-bond acceptors (Lipinski definition) is 2. The van der Waals surface area contributed by atoms with Crippen LogP contribution in [-0.4, -0.2) is 25.3 Å². The number of ether oxygens (including phenoxy) is 1. The third-order valence-corrected chi connectivity index (χ3v) is 2.50. The van der Waals surface area contributed by atoms with E-state index in [2.05, 4.69) is 26.1 Å². The summed E-state index contributed by atoms with van der Waals surface area (Å²) in [6.45, 7) is 8.74. The van der Waals surface area contributed by atoms with Gasteiger partial charge in [0.05, 0.1) is 6.10 Å². The summed E-state index contributed by atoms with van der Waals surface area (Å²) in [6.07, 6.45) is 2.86. The van der Waals surface area contributed by atoms with Crippen molar-refractivity contribution in [1.82, 2.24) is 5.32 Å². The maximum Gasteiger partial charge on any atom is 0.0700 e. The van der Waals surface area contributed by atoms with Crippen LogP contribution in [0, 0.1) is 5.92 Å². The van der Waals surface area contributed by atoms with E-state index in [1.54, 1.807) is 0 Å². The van der Waals surface area contributed by atoms with E-state index in [0.717, 1.165) is 19.1 Å². The Morgan fingerprint density at radius 2 is 2.25 bits per heavy atom. The lowest BCUT2D eigenvalue weighted by Crippen LogP contribution is -2.35. The lowest BCUT2D eigenvalue weighted by atomic mass is 10.1. The molecule has 0 bridgehead atoms. The zero-order valence-corrected chi connectivity index (χ0v) is 8.47. The van der Waals surface area contributed by atoms with Crippen LogP contribution in [0.4, 0.5) is 0 Å². The van der Waals surface area contributed by atoms with Gasteiger partial charge in [0, 0.05) is 12.6 Å².